The van der Waals surface area contributed by atoms with Crippen molar-refractivity contribution < 1.29 is 0 Å². The third kappa shape index (κ3) is 4.18. The molecular formula is C17H21N7. The Labute approximate surface area is 141 Å². The Bertz CT molecular complexity index is 715. The Kier molecular flexibility index (Phi) is 5.18. The molecular weight excluding hydrogens is 302 g/mol. The average Bonchev–Trinajstić information content (AvgIpc) is 2.63. The zero-order valence-corrected chi connectivity index (χ0v) is 13.7. The molecule has 124 valence electrons. The minimum Gasteiger partial charge on any atom is -0.383 e. The number of aromatic nitrogens is 3. The van der Waals surface area contributed by atoms with Crippen LogP contribution in [0.5, 0.6) is 0 Å². The van der Waals surface area contributed by atoms with Crippen LogP contribution in [0.3, 0.4) is 0 Å². The summed E-state index contributed by atoms with van der Waals surface area (Å²) in [5.74, 6) is 1.25. The van der Waals surface area contributed by atoms with Crippen LogP contribution in [-0.4, -0.2) is 34.1 Å². The molecule has 0 bridgehead atoms. The number of nitrogens with one attached hydrogen (secondary N) is 3. The molecule has 2 aromatic rings. The highest BCUT2D eigenvalue weighted by atomic mass is 15.1. The third-order valence-corrected chi connectivity index (χ3v) is 4.08. The molecule has 0 saturated carbocycles. The zero-order chi connectivity index (χ0) is 16.8. The van der Waals surface area contributed by atoms with Crippen molar-refractivity contribution in [2.75, 3.05) is 23.7 Å². The molecule has 7 heteroatoms. The fourth-order valence-electron chi connectivity index (χ4n) is 2.70. The first kappa shape index (κ1) is 16.1. The Morgan fingerprint density at radius 1 is 1.21 bits per heavy atom. The standard InChI is InChI=1S/C17H21N7/c1-12-8-22-16(24-17-11-20-14(7-18)10-23-17)6-15(12)21-9-13-4-2-3-5-19-13/h6,8,10-11,13,19H,2-5,9H2,1H3,(H2,21,22,23,24). The smallest absolute Gasteiger partial charge is 0.158 e. The summed E-state index contributed by atoms with van der Waals surface area (Å²) in [7, 11) is 0. The van der Waals surface area contributed by atoms with Gasteiger partial charge in [0.2, 0.25) is 0 Å². The Morgan fingerprint density at radius 3 is 2.79 bits per heavy atom. The Hall–Kier alpha value is -2.72. The number of pyridine rings is 1. The van der Waals surface area contributed by atoms with E-state index in [0.717, 1.165) is 24.3 Å². The molecule has 0 spiro atoms. The molecule has 0 aromatic carbocycles. The second-order valence-corrected chi connectivity index (χ2v) is 5.94. The van der Waals surface area contributed by atoms with E-state index in [1.54, 1.807) is 0 Å². The maximum Gasteiger partial charge on any atom is 0.158 e. The van der Waals surface area contributed by atoms with Crippen LogP contribution in [0.4, 0.5) is 17.3 Å². The summed E-state index contributed by atoms with van der Waals surface area (Å²) in [6.45, 7) is 4.04. The van der Waals surface area contributed by atoms with Gasteiger partial charge in [-0.1, -0.05) is 6.42 Å². The monoisotopic (exact) mass is 323 g/mol. The fourth-order valence-corrected chi connectivity index (χ4v) is 2.70. The van der Waals surface area contributed by atoms with Gasteiger partial charge in [-0.2, -0.15) is 5.26 Å². The SMILES string of the molecule is Cc1cnc(Nc2cnc(C#N)cn2)cc1NCC1CCCCN1. The van der Waals surface area contributed by atoms with Crippen LogP contribution in [0.25, 0.3) is 0 Å². The minimum atomic E-state index is 0.291. The minimum absolute atomic E-state index is 0.291. The first-order valence-electron chi connectivity index (χ1n) is 8.17. The van der Waals surface area contributed by atoms with Gasteiger partial charge in [0.15, 0.2) is 5.69 Å². The molecule has 1 aliphatic heterocycles. The van der Waals surface area contributed by atoms with Crippen LogP contribution in [0.1, 0.15) is 30.5 Å². The highest BCUT2D eigenvalue weighted by Crippen LogP contribution is 2.20. The third-order valence-electron chi connectivity index (χ3n) is 4.08. The lowest BCUT2D eigenvalue weighted by molar-refractivity contribution is 0.414. The molecule has 2 aromatic heterocycles. The van der Waals surface area contributed by atoms with Crippen molar-refractivity contribution in [2.45, 2.75) is 32.2 Å². The van der Waals surface area contributed by atoms with Gasteiger partial charge in [0, 0.05) is 30.5 Å². The number of nitrogens with zero attached hydrogens (tertiary/aromatic N) is 4. The number of hydrogen-bond donors (Lipinski definition) is 3. The lowest BCUT2D eigenvalue weighted by Crippen LogP contribution is -2.39. The number of piperidine rings is 1. The van der Waals surface area contributed by atoms with E-state index in [9.17, 15) is 0 Å². The molecule has 0 aliphatic carbocycles. The van der Waals surface area contributed by atoms with Crippen LogP contribution in [-0.2, 0) is 0 Å². The average molecular weight is 323 g/mol. The number of hydrogen-bond acceptors (Lipinski definition) is 7. The fraction of sp³-hybridized carbons (Fsp3) is 0.412. The molecule has 1 fully saturated rings. The second-order valence-electron chi connectivity index (χ2n) is 5.94. The van der Waals surface area contributed by atoms with Crippen LogP contribution in [0.15, 0.2) is 24.7 Å². The van der Waals surface area contributed by atoms with Crippen LogP contribution in [0, 0.1) is 18.3 Å². The highest BCUT2D eigenvalue weighted by molar-refractivity contribution is 5.61. The van der Waals surface area contributed by atoms with Gasteiger partial charge in [0.05, 0.1) is 12.4 Å². The van der Waals surface area contributed by atoms with E-state index in [1.165, 1.54) is 31.7 Å². The maximum absolute atomic E-state index is 8.75. The number of aryl methyl sites for hydroxylation is 1. The van der Waals surface area contributed by atoms with Crippen molar-refractivity contribution in [1.29, 1.82) is 5.26 Å². The summed E-state index contributed by atoms with van der Waals surface area (Å²) in [5, 5.41) is 18.9. The van der Waals surface area contributed by atoms with Gasteiger partial charge in [-0.15, -0.1) is 0 Å². The van der Waals surface area contributed by atoms with Gasteiger partial charge in [0.25, 0.3) is 0 Å². The Balaban J connectivity index is 1.65. The van der Waals surface area contributed by atoms with Gasteiger partial charge >= 0.3 is 0 Å². The largest absolute Gasteiger partial charge is 0.383 e. The summed E-state index contributed by atoms with van der Waals surface area (Å²) in [5.41, 5.74) is 2.45. The van der Waals surface area contributed by atoms with Crippen molar-refractivity contribution in [3.8, 4) is 6.07 Å². The first-order valence-corrected chi connectivity index (χ1v) is 8.17. The van der Waals surface area contributed by atoms with Crippen LogP contribution in [0.2, 0.25) is 0 Å². The molecule has 1 unspecified atom stereocenters. The first-order chi connectivity index (χ1) is 11.7. The predicted molar refractivity (Wildman–Crippen MR) is 93.1 cm³/mol. The molecule has 3 heterocycles. The molecule has 3 N–H and O–H groups in total. The van der Waals surface area contributed by atoms with Crippen molar-refractivity contribution in [3.63, 3.8) is 0 Å². The molecule has 1 saturated heterocycles. The van der Waals surface area contributed by atoms with Crippen LogP contribution >= 0.6 is 0 Å². The quantitative estimate of drug-likeness (QED) is 0.776. The van der Waals surface area contributed by atoms with E-state index in [-0.39, 0.29) is 0 Å². The summed E-state index contributed by atoms with van der Waals surface area (Å²) < 4.78 is 0. The number of nitriles is 1. The van der Waals surface area contributed by atoms with Crippen molar-refractivity contribution in [3.05, 3.63) is 35.9 Å². The molecule has 7 nitrogen and oxygen atoms in total. The lowest BCUT2D eigenvalue weighted by Gasteiger charge is -2.24. The second kappa shape index (κ2) is 7.70. The van der Waals surface area contributed by atoms with E-state index >= 15 is 0 Å². The summed E-state index contributed by atoms with van der Waals surface area (Å²) in [4.78, 5) is 12.5. The van der Waals surface area contributed by atoms with E-state index in [1.807, 2.05) is 25.3 Å². The van der Waals surface area contributed by atoms with Crippen LogP contribution < -0.4 is 16.0 Å². The van der Waals surface area contributed by atoms with E-state index in [0.29, 0.717) is 23.4 Å². The number of rotatable bonds is 5. The lowest BCUT2D eigenvalue weighted by atomic mass is 10.0. The molecule has 0 radical (unpaired) electrons. The van der Waals surface area contributed by atoms with Gasteiger partial charge in [0.1, 0.15) is 17.7 Å². The molecule has 1 atom stereocenters. The van der Waals surface area contributed by atoms with Gasteiger partial charge in [-0.05, 0) is 31.9 Å². The molecule has 3 rings (SSSR count). The summed E-state index contributed by atoms with van der Waals surface area (Å²) >= 11 is 0. The van der Waals surface area contributed by atoms with Crippen molar-refractivity contribution >= 4 is 17.3 Å². The predicted octanol–water partition coefficient (Wildman–Crippen LogP) is 2.35. The summed E-state index contributed by atoms with van der Waals surface area (Å²) in [6, 6.07) is 4.44. The molecule has 1 aliphatic rings. The topological polar surface area (TPSA) is 98.6 Å². The molecule has 24 heavy (non-hydrogen) atoms. The van der Waals surface area contributed by atoms with Crippen molar-refractivity contribution in [1.82, 2.24) is 20.3 Å². The zero-order valence-electron chi connectivity index (χ0n) is 13.7. The van der Waals surface area contributed by atoms with E-state index in [2.05, 4.69) is 30.9 Å². The van der Waals surface area contributed by atoms with E-state index in [4.69, 9.17) is 5.26 Å². The number of anilines is 3. The highest BCUT2D eigenvalue weighted by Gasteiger charge is 2.12. The van der Waals surface area contributed by atoms with Gasteiger partial charge in [-0.25, -0.2) is 15.0 Å². The summed E-state index contributed by atoms with van der Waals surface area (Å²) in [6.07, 6.45) is 8.56. The van der Waals surface area contributed by atoms with E-state index < -0.39 is 0 Å². The molecule has 0 amide bonds. The Morgan fingerprint density at radius 2 is 2.08 bits per heavy atom. The van der Waals surface area contributed by atoms with Gasteiger partial charge in [-0.3, -0.25) is 0 Å². The normalized spacial score (nSPS) is 17.1. The van der Waals surface area contributed by atoms with Gasteiger partial charge < -0.3 is 16.0 Å². The maximum atomic E-state index is 8.75. The van der Waals surface area contributed by atoms with Crippen molar-refractivity contribution in [2.24, 2.45) is 0 Å².